The zero-order valence-electron chi connectivity index (χ0n) is 23.0. The van der Waals surface area contributed by atoms with Crippen molar-refractivity contribution in [2.45, 2.75) is 110 Å². The predicted octanol–water partition coefficient (Wildman–Crippen LogP) is 7.89. The number of carbonyl (C=O) groups excluding carboxylic acids is 2. The van der Waals surface area contributed by atoms with Crippen molar-refractivity contribution in [3.63, 3.8) is 0 Å². The van der Waals surface area contributed by atoms with E-state index in [1.165, 1.54) is 31.3 Å². The Morgan fingerprint density at radius 3 is 2.64 bits per heavy atom. The van der Waals surface area contributed by atoms with Gasteiger partial charge in [-0.25, -0.2) is 0 Å². The summed E-state index contributed by atoms with van der Waals surface area (Å²) in [5.74, 6) is 0.929. The Morgan fingerprint density at radius 2 is 1.92 bits per heavy atom. The smallest absolute Gasteiger partial charge is 0.138 e. The monoisotopic (exact) mass is 612 g/mol. The Balaban J connectivity index is 2.24. The van der Waals surface area contributed by atoms with E-state index in [9.17, 15) is 14.7 Å². The number of rotatable bonds is 18. The molecule has 0 radical (unpaired) electrons. The number of Topliss-reactive ketones (excluding diaryl/α,β-unsaturated/α-hetero) is 2. The molecule has 0 heterocycles. The van der Waals surface area contributed by atoms with Crippen molar-refractivity contribution in [2.24, 2.45) is 11.8 Å². The Bertz CT molecular complexity index is 765. The van der Waals surface area contributed by atoms with Gasteiger partial charge in [-0.1, -0.05) is 97.2 Å². The first-order chi connectivity index (χ1) is 17.3. The van der Waals surface area contributed by atoms with Crippen molar-refractivity contribution < 1.29 is 19.4 Å². The molecule has 0 aliphatic heterocycles. The number of alkyl halides is 1. The second-order valence-corrected chi connectivity index (χ2v) is 11.2. The molecule has 204 valence electrons. The number of aliphatic hydroxyl groups is 1. The van der Waals surface area contributed by atoms with Crippen molar-refractivity contribution >= 4 is 34.2 Å². The molecular formula is C31H49IO4. The lowest BCUT2D eigenvalue weighted by molar-refractivity contribution is -0.124. The summed E-state index contributed by atoms with van der Waals surface area (Å²) in [6.45, 7) is 5.85. The van der Waals surface area contributed by atoms with Crippen LogP contribution in [0.25, 0.3) is 0 Å². The van der Waals surface area contributed by atoms with Gasteiger partial charge in [0.15, 0.2) is 0 Å². The number of hydrogen-bond donors (Lipinski definition) is 1. The molecule has 36 heavy (non-hydrogen) atoms. The largest absolute Gasteiger partial charge is 0.388 e. The van der Waals surface area contributed by atoms with Crippen LogP contribution in [0.15, 0.2) is 47.6 Å². The Kier molecular flexibility index (Phi) is 18.3. The van der Waals surface area contributed by atoms with Gasteiger partial charge >= 0.3 is 0 Å². The van der Waals surface area contributed by atoms with Crippen LogP contribution in [-0.2, 0) is 14.3 Å². The van der Waals surface area contributed by atoms with Gasteiger partial charge in [-0.15, -0.1) is 0 Å². The van der Waals surface area contributed by atoms with Crippen LogP contribution in [0.1, 0.15) is 97.8 Å². The summed E-state index contributed by atoms with van der Waals surface area (Å²) in [7, 11) is 1.81. The molecule has 4 nitrogen and oxygen atoms in total. The SMILES string of the molecule is CO[C@H]1CCC[C@@H](CCCCC(=O)C/C=C(\C)[C@@H](O)CC(=O)[C@H](C)CC/C=C/C=C/C=C(\C)CI)C1. The molecule has 1 N–H and O–H groups in total. The number of allylic oxidation sites excluding steroid dienone is 7. The van der Waals surface area contributed by atoms with E-state index in [2.05, 4.69) is 41.7 Å². The second kappa shape index (κ2) is 20.0. The highest BCUT2D eigenvalue weighted by molar-refractivity contribution is 14.1. The zero-order chi connectivity index (χ0) is 26.8. The first-order valence-electron chi connectivity index (χ1n) is 13.7. The summed E-state index contributed by atoms with van der Waals surface area (Å²) < 4.78 is 6.54. The number of halogens is 1. The standard InChI is InChI=1S/C31H49IO4/c1-24(23-32)13-8-6-5-7-9-14-25(2)30(34)22-31(35)26(3)19-20-28(33)17-11-10-15-27-16-12-18-29(21-27)36-4/h5-8,13,19,25,27,29,31,35H,9-12,14-18,20-23H2,1-4H3/b7-5+,8-6+,24-13+,26-19+/t25-,27-,29+,31+/m1/s1. The van der Waals surface area contributed by atoms with Gasteiger partial charge in [-0.3, -0.25) is 9.59 Å². The predicted molar refractivity (Wildman–Crippen MR) is 160 cm³/mol. The normalized spacial score (nSPS) is 21.3. The summed E-state index contributed by atoms with van der Waals surface area (Å²) in [5.41, 5.74) is 2.05. The van der Waals surface area contributed by atoms with E-state index in [0.717, 1.165) is 48.0 Å². The van der Waals surface area contributed by atoms with E-state index in [-0.39, 0.29) is 23.9 Å². The minimum Gasteiger partial charge on any atom is -0.388 e. The van der Waals surface area contributed by atoms with Crippen molar-refractivity contribution in [1.82, 2.24) is 0 Å². The molecule has 1 saturated carbocycles. The molecule has 1 aliphatic rings. The molecule has 1 rings (SSSR count). The summed E-state index contributed by atoms with van der Waals surface area (Å²) in [4.78, 5) is 24.8. The third-order valence-electron chi connectivity index (χ3n) is 7.22. The summed E-state index contributed by atoms with van der Waals surface area (Å²) in [6, 6.07) is 0. The first-order valence-corrected chi connectivity index (χ1v) is 15.3. The van der Waals surface area contributed by atoms with Crippen molar-refractivity contribution in [3.05, 3.63) is 47.6 Å². The van der Waals surface area contributed by atoms with E-state index in [4.69, 9.17) is 4.74 Å². The molecule has 0 aromatic rings. The van der Waals surface area contributed by atoms with Crippen LogP contribution in [0.2, 0.25) is 0 Å². The highest BCUT2D eigenvalue weighted by Crippen LogP contribution is 2.29. The molecule has 0 amide bonds. The molecular weight excluding hydrogens is 563 g/mol. The molecule has 1 fully saturated rings. The zero-order valence-corrected chi connectivity index (χ0v) is 25.2. The van der Waals surface area contributed by atoms with Crippen molar-refractivity contribution in [3.8, 4) is 0 Å². The molecule has 0 aromatic carbocycles. The van der Waals surface area contributed by atoms with Gasteiger partial charge in [0, 0.05) is 36.7 Å². The molecule has 0 spiro atoms. The maximum atomic E-state index is 12.5. The van der Waals surface area contributed by atoms with Crippen molar-refractivity contribution in [2.75, 3.05) is 11.5 Å². The maximum absolute atomic E-state index is 12.5. The van der Waals surface area contributed by atoms with Crippen LogP contribution >= 0.6 is 22.6 Å². The van der Waals surface area contributed by atoms with Crippen LogP contribution in [0.5, 0.6) is 0 Å². The van der Waals surface area contributed by atoms with Gasteiger partial charge in [0.2, 0.25) is 0 Å². The molecule has 0 aromatic heterocycles. The van der Waals surface area contributed by atoms with Gasteiger partial charge in [0.05, 0.1) is 12.2 Å². The van der Waals surface area contributed by atoms with Gasteiger partial charge in [0.25, 0.3) is 0 Å². The number of aliphatic hydroxyl groups excluding tert-OH is 1. The summed E-state index contributed by atoms with van der Waals surface area (Å²) in [6.07, 6.45) is 22.4. The Hall–Kier alpha value is -1.05. The Labute approximate surface area is 233 Å². The third-order valence-corrected chi connectivity index (χ3v) is 8.43. The fraction of sp³-hybridized carbons (Fsp3) is 0.677. The lowest BCUT2D eigenvalue weighted by atomic mass is 9.84. The van der Waals surface area contributed by atoms with Crippen LogP contribution in [0.4, 0.5) is 0 Å². The number of ketones is 2. The fourth-order valence-corrected chi connectivity index (χ4v) is 4.80. The fourth-order valence-electron chi connectivity index (χ4n) is 4.55. The lowest BCUT2D eigenvalue weighted by Crippen LogP contribution is -2.21. The molecule has 4 atom stereocenters. The topological polar surface area (TPSA) is 63.6 Å². The van der Waals surface area contributed by atoms with E-state index in [0.29, 0.717) is 18.9 Å². The molecule has 0 bridgehead atoms. The maximum Gasteiger partial charge on any atom is 0.138 e. The number of carbonyl (C=O) groups is 2. The lowest BCUT2D eigenvalue weighted by Gasteiger charge is -2.28. The molecule has 0 saturated heterocycles. The van der Waals surface area contributed by atoms with E-state index < -0.39 is 6.10 Å². The van der Waals surface area contributed by atoms with Gasteiger partial charge in [-0.05, 0) is 57.4 Å². The Morgan fingerprint density at radius 1 is 1.14 bits per heavy atom. The molecule has 0 unspecified atom stereocenters. The molecule has 1 aliphatic carbocycles. The van der Waals surface area contributed by atoms with Crippen molar-refractivity contribution in [1.29, 1.82) is 0 Å². The number of unbranched alkanes of at least 4 members (excludes halogenated alkanes) is 1. The summed E-state index contributed by atoms with van der Waals surface area (Å²) >= 11 is 2.34. The van der Waals surface area contributed by atoms with Gasteiger partial charge in [-0.2, -0.15) is 0 Å². The van der Waals surface area contributed by atoms with Crippen LogP contribution in [-0.4, -0.2) is 40.4 Å². The minimum atomic E-state index is -0.806. The minimum absolute atomic E-state index is 0.0737. The van der Waals surface area contributed by atoms with Crippen LogP contribution < -0.4 is 0 Å². The van der Waals surface area contributed by atoms with Crippen LogP contribution in [0.3, 0.4) is 0 Å². The van der Waals surface area contributed by atoms with E-state index in [1.54, 1.807) is 13.2 Å². The highest BCUT2D eigenvalue weighted by Gasteiger charge is 2.21. The van der Waals surface area contributed by atoms with E-state index in [1.807, 2.05) is 32.1 Å². The second-order valence-electron chi connectivity index (χ2n) is 10.5. The van der Waals surface area contributed by atoms with E-state index >= 15 is 0 Å². The molecule has 5 heteroatoms. The number of methoxy groups -OCH3 is 1. The average molecular weight is 613 g/mol. The highest BCUT2D eigenvalue weighted by atomic mass is 127. The van der Waals surface area contributed by atoms with Crippen LogP contribution in [0, 0.1) is 11.8 Å². The van der Waals surface area contributed by atoms with Gasteiger partial charge in [0.1, 0.15) is 11.6 Å². The average Bonchev–Trinajstić information content (AvgIpc) is 2.88. The third kappa shape index (κ3) is 15.3. The number of hydrogen-bond acceptors (Lipinski definition) is 4. The first kappa shape index (κ1) is 33.0. The van der Waals surface area contributed by atoms with Gasteiger partial charge < -0.3 is 9.84 Å². The number of ether oxygens (including phenoxy) is 1. The quantitative estimate of drug-likeness (QED) is 0.0562. The summed E-state index contributed by atoms with van der Waals surface area (Å²) in [5, 5.41) is 10.4.